The van der Waals surface area contributed by atoms with Gasteiger partial charge >= 0.3 is 5.97 Å². The SMILES string of the molecule is CC[C@@H](Oc1ccccc1)C(=O)OCC(=O)Nc1sc2c(c1C#N)CC[C@@H](C)C2. The highest BCUT2D eigenvalue weighted by Crippen LogP contribution is 2.39. The van der Waals surface area contributed by atoms with E-state index in [9.17, 15) is 14.9 Å². The fourth-order valence-electron chi connectivity index (χ4n) is 3.31. The maximum Gasteiger partial charge on any atom is 0.347 e. The van der Waals surface area contributed by atoms with Crippen molar-refractivity contribution in [3.05, 3.63) is 46.3 Å². The first kappa shape index (κ1) is 20.9. The van der Waals surface area contributed by atoms with Gasteiger partial charge in [0.1, 0.15) is 16.8 Å². The minimum Gasteiger partial charge on any atom is -0.479 e. The lowest BCUT2D eigenvalue weighted by Crippen LogP contribution is -2.31. The Hall–Kier alpha value is -2.85. The van der Waals surface area contributed by atoms with Crippen molar-refractivity contribution in [1.82, 2.24) is 0 Å². The highest BCUT2D eigenvalue weighted by atomic mass is 32.1. The van der Waals surface area contributed by atoms with Gasteiger partial charge in [-0.3, -0.25) is 4.79 Å². The van der Waals surface area contributed by atoms with Gasteiger partial charge in [-0.2, -0.15) is 5.26 Å². The van der Waals surface area contributed by atoms with E-state index in [1.54, 1.807) is 12.1 Å². The average molecular weight is 413 g/mol. The van der Waals surface area contributed by atoms with E-state index in [0.29, 0.717) is 28.7 Å². The highest BCUT2D eigenvalue weighted by molar-refractivity contribution is 7.16. The minimum absolute atomic E-state index is 0.419. The van der Waals surface area contributed by atoms with Crippen LogP contribution in [0.2, 0.25) is 0 Å². The van der Waals surface area contributed by atoms with Crippen LogP contribution in [0.3, 0.4) is 0 Å². The van der Waals surface area contributed by atoms with Crippen LogP contribution in [-0.4, -0.2) is 24.6 Å². The molecule has 0 radical (unpaired) electrons. The van der Waals surface area contributed by atoms with Gasteiger partial charge in [0.2, 0.25) is 0 Å². The van der Waals surface area contributed by atoms with Crippen molar-refractivity contribution in [2.24, 2.45) is 5.92 Å². The lowest BCUT2D eigenvalue weighted by atomic mass is 9.89. The molecule has 6 nitrogen and oxygen atoms in total. The first-order chi connectivity index (χ1) is 14.0. The number of amides is 1. The van der Waals surface area contributed by atoms with Crippen LogP contribution >= 0.6 is 11.3 Å². The molecule has 0 unspecified atom stereocenters. The molecule has 29 heavy (non-hydrogen) atoms. The van der Waals surface area contributed by atoms with E-state index < -0.39 is 24.6 Å². The zero-order valence-electron chi connectivity index (χ0n) is 16.6. The van der Waals surface area contributed by atoms with E-state index in [1.165, 1.54) is 11.3 Å². The molecule has 152 valence electrons. The number of nitrogens with zero attached hydrogens (tertiary/aromatic N) is 1. The molecule has 7 heteroatoms. The van der Waals surface area contributed by atoms with Crippen LogP contribution in [0, 0.1) is 17.2 Å². The fourth-order valence-corrected chi connectivity index (χ4v) is 4.69. The minimum atomic E-state index is -0.782. The van der Waals surface area contributed by atoms with Crippen molar-refractivity contribution in [3.8, 4) is 11.8 Å². The maximum absolute atomic E-state index is 12.3. The van der Waals surface area contributed by atoms with E-state index in [4.69, 9.17) is 9.47 Å². The molecule has 1 aromatic carbocycles. The molecule has 0 saturated heterocycles. The summed E-state index contributed by atoms with van der Waals surface area (Å²) in [5.74, 6) is 0.0907. The molecule has 2 atom stereocenters. The quantitative estimate of drug-likeness (QED) is 0.692. The fraction of sp³-hybridized carbons (Fsp3) is 0.409. The number of hydrogen-bond acceptors (Lipinski definition) is 6. The van der Waals surface area contributed by atoms with Crippen molar-refractivity contribution in [3.63, 3.8) is 0 Å². The standard InChI is InChI=1S/C22H24N2O4S/c1-3-18(28-15-7-5-4-6-8-15)22(26)27-13-20(25)24-21-17(12-23)16-10-9-14(2)11-19(16)29-21/h4-8,14,18H,3,9-11,13H2,1-2H3,(H,24,25)/t14-,18-/m1/s1. The Kier molecular flexibility index (Phi) is 6.89. The number of anilines is 1. The van der Waals surface area contributed by atoms with E-state index >= 15 is 0 Å². The zero-order chi connectivity index (χ0) is 20.8. The molecule has 1 aromatic heterocycles. The van der Waals surface area contributed by atoms with Gasteiger partial charge in [-0.05, 0) is 49.3 Å². The molecule has 0 fully saturated rings. The topological polar surface area (TPSA) is 88.4 Å². The number of ether oxygens (including phenoxy) is 2. The summed E-state index contributed by atoms with van der Waals surface area (Å²) in [7, 11) is 0. The van der Waals surface area contributed by atoms with Gasteiger partial charge in [0.15, 0.2) is 12.7 Å². The number of para-hydroxylation sites is 1. The van der Waals surface area contributed by atoms with Crippen molar-refractivity contribution in [2.45, 2.75) is 45.6 Å². The predicted molar refractivity (Wildman–Crippen MR) is 111 cm³/mol. The summed E-state index contributed by atoms with van der Waals surface area (Å²) in [6, 6.07) is 11.2. The molecular weight excluding hydrogens is 388 g/mol. The predicted octanol–water partition coefficient (Wildman–Crippen LogP) is 4.08. The smallest absolute Gasteiger partial charge is 0.347 e. The summed E-state index contributed by atoms with van der Waals surface area (Å²) in [4.78, 5) is 25.7. The van der Waals surface area contributed by atoms with E-state index in [2.05, 4.69) is 18.3 Å². The molecule has 3 rings (SSSR count). The Morgan fingerprint density at radius 2 is 2.10 bits per heavy atom. The molecule has 1 aliphatic carbocycles. The van der Waals surface area contributed by atoms with Crippen LogP contribution in [0.4, 0.5) is 5.00 Å². The van der Waals surface area contributed by atoms with E-state index in [0.717, 1.165) is 29.7 Å². The second-order valence-corrected chi connectivity index (χ2v) is 8.26. The third-order valence-corrected chi connectivity index (χ3v) is 6.05. The number of nitriles is 1. The van der Waals surface area contributed by atoms with Crippen molar-refractivity contribution >= 4 is 28.2 Å². The zero-order valence-corrected chi connectivity index (χ0v) is 17.4. The van der Waals surface area contributed by atoms with Crippen LogP contribution in [-0.2, 0) is 27.2 Å². The largest absolute Gasteiger partial charge is 0.479 e. The Morgan fingerprint density at radius 3 is 2.79 bits per heavy atom. The molecule has 0 aliphatic heterocycles. The molecule has 2 aromatic rings. The number of esters is 1. The molecular formula is C22H24N2O4S. The lowest BCUT2D eigenvalue weighted by molar-refractivity contribution is -0.154. The van der Waals surface area contributed by atoms with Crippen LogP contribution in [0.5, 0.6) is 5.75 Å². The van der Waals surface area contributed by atoms with Crippen LogP contribution < -0.4 is 10.1 Å². The number of thiophene rings is 1. The van der Waals surface area contributed by atoms with E-state index in [-0.39, 0.29) is 0 Å². The monoisotopic (exact) mass is 412 g/mol. The summed E-state index contributed by atoms with van der Waals surface area (Å²) in [5, 5.41) is 12.8. The van der Waals surface area contributed by atoms with Crippen LogP contribution in [0.25, 0.3) is 0 Å². The van der Waals surface area contributed by atoms with Gasteiger partial charge in [-0.1, -0.05) is 32.0 Å². The van der Waals surface area contributed by atoms with Crippen LogP contribution in [0.15, 0.2) is 30.3 Å². The van der Waals surface area contributed by atoms with Crippen molar-refractivity contribution in [1.29, 1.82) is 5.26 Å². The first-order valence-electron chi connectivity index (χ1n) is 9.74. The normalized spacial score (nSPS) is 16.2. The number of carbonyl (C=O) groups excluding carboxylic acids is 2. The molecule has 0 bridgehead atoms. The second kappa shape index (κ2) is 9.57. The third-order valence-electron chi connectivity index (χ3n) is 4.88. The van der Waals surface area contributed by atoms with Crippen molar-refractivity contribution < 1.29 is 19.1 Å². The highest BCUT2D eigenvalue weighted by Gasteiger charge is 2.25. The number of fused-ring (bicyclic) bond motifs is 1. The summed E-state index contributed by atoms with van der Waals surface area (Å²) in [5.41, 5.74) is 1.58. The average Bonchev–Trinajstić information content (AvgIpc) is 3.06. The van der Waals surface area contributed by atoms with Gasteiger partial charge in [-0.25, -0.2) is 4.79 Å². The number of benzene rings is 1. The number of nitrogens with one attached hydrogen (secondary N) is 1. The van der Waals surface area contributed by atoms with Gasteiger partial charge in [0.05, 0.1) is 5.56 Å². The Morgan fingerprint density at radius 1 is 1.34 bits per heavy atom. The number of rotatable bonds is 7. The molecule has 0 saturated carbocycles. The Balaban J connectivity index is 1.57. The summed E-state index contributed by atoms with van der Waals surface area (Å²) >= 11 is 1.45. The van der Waals surface area contributed by atoms with Crippen LogP contribution in [0.1, 0.15) is 42.7 Å². The summed E-state index contributed by atoms with van der Waals surface area (Å²) in [6.07, 6.45) is 2.47. The molecule has 1 heterocycles. The molecule has 1 amide bonds. The third kappa shape index (κ3) is 5.15. The molecule has 0 spiro atoms. The Bertz CT molecular complexity index is 917. The Labute approximate surface area is 174 Å². The number of carbonyl (C=O) groups is 2. The van der Waals surface area contributed by atoms with Gasteiger partial charge < -0.3 is 14.8 Å². The molecule has 1 N–H and O–H groups in total. The number of hydrogen-bond donors (Lipinski definition) is 1. The summed E-state index contributed by atoms with van der Waals surface area (Å²) in [6.45, 7) is 3.58. The van der Waals surface area contributed by atoms with Gasteiger partial charge in [0, 0.05) is 4.88 Å². The maximum atomic E-state index is 12.3. The second-order valence-electron chi connectivity index (χ2n) is 7.15. The summed E-state index contributed by atoms with van der Waals surface area (Å²) < 4.78 is 10.8. The van der Waals surface area contributed by atoms with Gasteiger partial charge in [0.25, 0.3) is 5.91 Å². The van der Waals surface area contributed by atoms with E-state index in [1.807, 2.05) is 25.1 Å². The van der Waals surface area contributed by atoms with Crippen molar-refractivity contribution in [2.75, 3.05) is 11.9 Å². The lowest BCUT2D eigenvalue weighted by Gasteiger charge is -2.17. The first-order valence-corrected chi connectivity index (χ1v) is 10.6. The molecule has 1 aliphatic rings. The van der Waals surface area contributed by atoms with Gasteiger partial charge in [-0.15, -0.1) is 11.3 Å².